The molecule has 1 N–H and O–H groups in total. The van der Waals surface area contributed by atoms with Crippen LogP contribution in [0.3, 0.4) is 0 Å². The lowest BCUT2D eigenvalue weighted by atomic mass is 10.3. The zero-order valence-corrected chi connectivity index (χ0v) is 18.4. The van der Waals surface area contributed by atoms with E-state index in [4.69, 9.17) is 14.2 Å². The molecule has 1 saturated carbocycles. The van der Waals surface area contributed by atoms with Crippen molar-refractivity contribution < 1.29 is 14.2 Å². The molecule has 6 nitrogen and oxygen atoms in total. The van der Waals surface area contributed by atoms with Crippen LogP contribution >= 0.6 is 24.0 Å². The molecule has 0 spiro atoms. The molecule has 0 bridgehead atoms. The first-order valence-corrected chi connectivity index (χ1v) is 9.07. The Morgan fingerprint density at radius 1 is 1.19 bits per heavy atom. The van der Waals surface area contributed by atoms with Gasteiger partial charge in [-0.2, -0.15) is 0 Å². The molecule has 1 aliphatic carbocycles. The molecule has 0 amide bonds. The Morgan fingerprint density at radius 2 is 1.88 bits per heavy atom. The summed E-state index contributed by atoms with van der Waals surface area (Å²) in [6.45, 7) is 6.51. The highest BCUT2D eigenvalue weighted by atomic mass is 127. The van der Waals surface area contributed by atoms with Crippen molar-refractivity contribution in [3.05, 3.63) is 24.3 Å². The van der Waals surface area contributed by atoms with E-state index in [1.54, 1.807) is 7.11 Å². The summed E-state index contributed by atoms with van der Waals surface area (Å²) < 4.78 is 16.5. The maximum Gasteiger partial charge on any atom is 0.193 e. The second kappa shape index (κ2) is 13.0. The largest absolute Gasteiger partial charge is 0.497 e. The fourth-order valence-corrected chi connectivity index (χ4v) is 2.30. The summed E-state index contributed by atoms with van der Waals surface area (Å²) >= 11 is 0. The number of nitrogens with zero attached hydrogens (tertiary/aromatic N) is 2. The monoisotopic (exact) mass is 477 g/mol. The van der Waals surface area contributed by atoms with E-state index < -0.39 is 0 Å². The molecule has 2 rings (SSSR count). The van der Waals surface area contributed by atoms with Gasteiger partial charge in [-0.25, -0.2) is 4.99 Å². The Morgan fingerprint density at radius 3 is 2.50 bits per heavy atom. The van der Waals surface area contributed by atoms with Gasteiger partial charge in [-0.05, 0) is 49.9 Å². The molecule has 0 unspecified atom stereocenters. The molecule has 0 saturated heterocycles. The van der Waals surface area contributed by atoms with Crippen molar-refractivity contribution >= 4 is 29.9 Å². The minimum atomic E-state index is 0. The third-order valence-electron chi connectivity index (χ3n) is 4.00. The summed E-state index contributed by atoms with van der Waals surface area (Å²) in [4.78, 5) is 6.72. The number of ether oxygens (including phenoxy) is 3. The highest BCUT2D eigenvalue weighted by Gasteiger charge is 2.21. The smallest absolute Gasteiger partial charge is 0.193 e. The van der Waals surface area contributed by atoms with E-state index in [2.05, 4.69) is 22.1 Å². The molecule has 0 radical (unpaired) electrons. The van der Waals surface area contributed by atoms with Gasteiger partial charge in [0.2, 0.25) is 0 Å². The van der Waals surface area contributed by atoms with Crippen molar-refractivity contribution in [2.45, 2.75) is 19.8 Å². The maximum atomic E-state index is 5.71. The Labute approximate surface area is 174 Å². The highest BCUT2D eigenvalue weighted by Crippen LogP contribution is 2.28. The number of guanidine groups is 1. The van der Waals surface area contributed by atoms with Crippen LogP contribution < -0.4 is 14.8 Å². The fraction of sp³-hybridized carbons (Fsp3) is 0.632. The molecule has 1 aliphatic rings. The van der Waals surface area contributed by atoms with Gasteiger partial charge in [0.25, 0.3) is 0 Å². The van der Waals surface area contributed by atoms with Crippen molar-refractivity contribution in [3.63, 3.8) is 0 Å². The molecular weight excluding hydrogens is 445 g/mol. The van der Waals surface area contributed by atoms with Gasteiger partial charge in [-0.1, -0.05) is 0 Å². The van der Waals surface area contributed by atoms with E-state index in [9.17, 15) is 0 Å². The molecule has 1 aromatic carbocycles. The number of rotatable bonds is 11. The SMILES string of the molecule is CCNC(=NCCOc1ccc(OC)cc1)N(C)CCOCC1CC1.I. The quantitative estimate of drug-likeness (QED) is 0.230. The molecular formula is C19H32IN3O3. The number of nitrogens with one attached hydrogen (secondary N) is 1. The minimum Gasteiger partial charge on any atom is -0.497 e. The van der Waals surface area contributed by atoms with Crippen LogP contribution in [0.1, 0.15) is 19.8 Å². The van der Waals surface area contributed by atoms with E-state index in [0.29, 0.717) is 13.2 Å². The topological polar surface area (TPSA) is 55.3 Å². The Bertz CT molecular complexity index is 521. The van der Waals surface area contributed by atoms with Crippen molar-refractivity contribution in [2.24, 2.45) is 10.9 Å². The van der Waals surface area contributed by atoms with Gasteiger partial charge in [-0.15, -0.1) is 24.0 Å². The highest BCUT2D eigenvalue weighted by molar-refractivity contribution is 14.0. The Balaban J connectivity index is 0.00000338. The van der Waals surface area contributed by atoms with Crippen molar-refractivity contribution in [1.29, 1.82) is 0 Å². The molecule has 0 aliphatic heterocycles. The third kappa shape index (κ3) is 8.93. The number of methoxy groups -OCH3 is 1. The van der Waals surface area contributed by atoms with E-state index in [1.807, 2.05) is 31.3 Å². The van der Waals surface area contributed by atoms with E-state index >= 15 is 0 Å². The van der Waals surface area contributed by atoms with Crippen LogP contribution in [0.2, 0.25) is 0 Å². The Hall–Kier alpha value is -1.22. The fourth-order valence-electron chi connectivity index (χ4n) is 2.30. The molecule has 148 valence electrons. The summed E-state index contributed by atoms with van der Waals surface area (Å²) in [7, 11) is 3.69. The van der Waals surface area contributed by atoms with E-state index in [0.717, 1.165) is 49.7 Å². The van der Waals surface area contributed by atoms with Crippen LogP contribution in [0.15, 0.2) is 29.3 Å². The van der Waals surface area contributed by atoms with Gasteiger partial charge < -0.3 is 24.4 Å². The van der Waals surface area contributed by atoms with Crippen molar-refractivity contribution in [1.82, 2.24) is 10.2 Å². The van der Waals surface area contributed by atoms with Gasteiger partial charge in [0.1, 0.15) is 18.1 Å². The first-order chi connectivity index (χ1) is 12.2. The summed E-state index contributed by atoms with van der Waals surface area (Å²) in [5.74, 6) is 3.34. The molecule has 7 heteroatoms. The summed E-state index contributed by atoms with van der Waals surface area (Å²) in [6.07, 6.45) is 2.66. The molecule has 0 atom stereocenters. The van der Waals surface area contributed by atoms with Crippen LogP contribution in [0.4, 0.5) is 0 Å². The van der Waals surface area contributed by atoms with E-state index in [1.165, 1.54) is 12.8 Å². The number of benzene rings is 1. The predicted molar refractivity (Wildman–Crippen MR) is 116 cm³/mol. The third-order valence-corrected chi connectivity index (χ3v) is 4.00. The van der Waals surface area contributed by atoms with Gasteiger partial charge in [0.15, 0.2) is 5.96 Å². The number of hydrogen-bond donors (Lipinski definition) is 1. The standard InChI is InChI=1S/C19H31N3O3.HI/c1-4-20-19(22(2)12-14-24-15-16-5-6-16)21-11-13-25-18-9-7-17(23-3)8-10-18;/h7-10,16H,4-6,11-15H2,1-3H3,(H,20,21);1H. The zero-order chi connectivity index (χ0) is 17.9. The first-order valence-electron chi connectivity index (χ1n) is 9.07. The second-order valence-corrected chi connectivity index (χ2v) is 6.20. The van der Waals surface area contributed by atoms with Gasteiger partial charge >= 0.3 is 0 Å². The average molecular weight is 477 g/mol. The normalized spacial score (nSPS) is 13.7. The number of hydrogen-bond acceptors (Lipinski definition) is 4. The van der Waals surface area contributed by atoms with Crippen LogP contribution in [0.5, 0.6) is 11.5 Å². The average Bonchev–Trinajstić information content (AvgIpc) is 3.46. The summed E-state index contributed by atoms with van der Waals surface area (Å²) in [6, 6.07) is 7.57. The van der Waals surface area contributed by atoms with Crippen molar-refractivity contribution in [3.8, 4) is 11.5 Å². The lowest BCUT2D eigenvalue weighted by Crippen LogP contribution is -2.40. The second-order valence-electron chi connectivity index (χ2n) is 6.20. The van der Waals surface area contributed by atoms with Crippen LogP contribution in [0.25, 0.3) is 0 Å². The predicted octanol–water partition coefficient (Wildman–Crippen LogP) is 3.02. The van der Waals surface area contributed by atoms with Gasteiger partial charge in [-0.3, -0.25) is 0 Å². The summed E-state index contributed by atoms with van der Waals surface area (Å²) in [5.41, 5.74) is 0. The number of likely N-dealkylation sites (N-methyl/N-ethyl adjacent to an activating group) is 1. The number of halogens is 1. The molecule has 1 fully saturated rings. The zero-order valence-electron chi connectivity index (χ0n) is 16.1. The lowest BCUT2D eigenvalue weighted by molar-refractivity contribution is 0.115. The van der Waals surface area contributed by atoms with Crippen LogP contribution in [-0.2, 0) is 4.74 Å². The molecule has 0 heterocycles. The van der Waals surface area contributed by atoms with Crippen molar-refractivity contribution in [2.75, 3.05) is 53.6 Å². The van der Waals surface area contributed by atoms with Crippen LogP contribution in [0, 0.1) is 5.92 Å². The summed E-state index contributed by atoms with van der Waals surface area (Å²) in [5, 5.41) is 3.31. The maximum absolute atomic E-state index is 5.71. The van der Waals surface area contributed by atoms with Crippen LogP contribution in [-0.4, -0.2) is 64.5 Å². The Kier molecular flexibility index (Phi) is 11.4. The van der Waals surface area contributed by atoms with Gasteiger partial charge in [0, 0.05) is 26.7 Å². The van der Waals surface area contributed by atoms with Gasteiger partial charge in [0.05, 0.1) is 20.3 Å². The molecule has 0 aromatic heterocycles. The van der Waals surface area contributed by atoms with E-state index in [-0.39, 0.29) is 24.0 Å². The number of aliphatic imine (C=N–C) groups is 1. The minimum absolute atomic E-state index is 0. The molecule has 26 heavy (non-hydrogen) atoms. The lowest BCUT2D eigenvalue weighted by Gasteiger charge is -2.22. The first kappa shape index (κ1) is 22.8. The molecule has 1 aromatic rings.